The van der Waals surface area contributed by atoms with Gasteiger partial charge in [0.15, 0.2) is 0 Å². The van der Waals surface area contributed by atoms with Gasteiger partial charge in [-0.2, -0.15) is 0 Å². The first-order chi connectivity index (χ1) is 10.2. The number of hydrogen-bond acceptors (Lipinski definition) is 3. The van der Waals surface area contributed by atoms with Crippen LogP contribution in [0, 0.1) is 5.92 Å². The number of rotatable bonds is 5. The fraction of sp³-hybridized carbons (Fsp3) is 0.625. The average Bonchev–Trinajstić information content (AvgIpc) is 3.06. The molecule has 0 unspecified atom stereocenters. The van der Waals surface area contributed by atoms with Gasteiger partial charge in [-0.1, -0.05) is 19.9 Å². The first kappa shape index (κ1) is 16.0. The van der Waals surface area contributed by atoms with Crippen LogP contribution in [0.4, 0.5) is 0 Å². The Morgan fingerprint density at radius 3 is 2.81 bits per heavy atom. The maximum absolute atomic E-state index is 12.4. The Bertz CT molecular complexity index is 469. The number of nitrogens with one attached hydrogen (secondary N) is 1. The third kappa shape index (κ3) is 4.06. The van der Waals surface area contributed by atoms with E-state index in [1.807, 2.05) is 22.4 Å². The van der Waals surface area contributed by atoms with Crippen molar-refractivity contribution in [2.75, 3.05) is 13.1 Å². The molecule has 2 heterocycles. The molecular formula is C16H24N2O2S. The number of nitrogens with zero attached hydrogens (tertiary/aromatic N) is 1. The van der Waals surface area contributed by atoms with E-state index in [2.05, 4.69) is 19.2 Å². The van der Waals surface area contributed by atoms with Crippen LogP contribution in [-0.4, -0.2) is 35.8 Å². The normalized spacial score (nSPS) is 18.8. The van der Waals surface area contributed by atoms with Crippen LogP contribution in [0.2, 0.25) is 0 Å². The first-order valence-corrected chi connectivity index (χ1v) is 8.66. The SMILES string of the molecule is CCC(CC)NC(=O)[C@H]1CCCN(C(=O)c2cccs2)C1. The summed E-state index contributed by atoms with van der Waals surface area (Å²) in [7, 11) is 0. The minimum atomic E-state index is -0.0664. The second-order valence-corrected chi connectivity index (χ2v) is 6.54. The Kier molecular flexibility index (Phi) is 5.79. The molecule has 5 heteroatoms. The fourth-order valence-corrected chi connectivity index (χ4v) is 3.43. The number of carbonyl (C=O) groups is 2. The molecular weight excluding hydrogens is 284 g/mol. The lowest BCUT2D eigenvalue weighted by Gasteiger charge is -2.32. The number of carbonyl (C=O) groups excluding carboxylic acids is 2. The summed E-state index contributed by atoms with van der Waals surface area (Å²) in [6.45, 7) is 5.47. The Hall–Kier alpha value is -1.36. The van der Waals surface area contributed by atoms with E-state index < -0.39 is 0 Å². The predicted molar refractivity (Wildman–Crippen MR) is 85.5 cm³/mol. The van der Waals surface area contributed by atoms with Crippen LogP contribution in [0.1, 0.15) is 49.2 Å². The van der Waals surface area contributed by atoms with Gasteiger partial charge in [0.05, 0.1) is 10.8 Å². The van der Waals surface area contributed by atoms with Crippen LogP contribution in [0.3, 0.4) is 0 Å². The van der Waals surface area contributed by atoms with Gasteiger partial charge in [-0.05, 0) is 37.1 Å². The minimum absolute atomic E-state index is 0.0602. The third-order valence-corrected chi connectivity index (χ3v) is 5.00. The van der Waals surface area contributed by atoms with Crippen molar-refractivity contribution in [1.29, 1.82) is 0 Å². The minimum Gasteiger partial charge on any atom is -0.353 e. The summed E-state index contributed by atoms with van der Waals surface area (Å²) >= 11 is 1.46. The summed E-state index contributed by atoms with van der Waals surface area (Å²) in [5, 5.41) is 5.02. The van der Waals surface area contributed by atoms with Crippen molar-refractivity contribution in [3.63, 3.8) is 0 Å². The molecule has 0 aromatic carbocycles. The Balaban J connectivity index is 1.94. The van der Waals surface area contributed by atoms with Crippen LogP contribution in [0.5, 0.6) is 0 Å². The van der Waals surface area contributed by atoms with Crippen molar-refractivity contribution in [3.8, 4) is 0 Å². The molecule has 1 N–H and O–H groups in total. The molecule has 4 nitrogen and oxygen atoms in total. The Morgan fingerprint density at radius 2 is 2.19 bits per heavy atom. The highest BCUT2D eigenvalue weighted by atomic mass is 32.1. The van der Waals surface area contributed by atoms with Crippen molar-refractivity contribution in [1.82, 2.24) is 10.2 Å². The number of amides is 2. The number of hydrogen-bond donors (Lipinski definition) is 1. The standard InChI is InChI=1S/C16H24N2O2S/c1-3-13(4-2)17-15(19)12-7-5-9-18(11-12)16(20)14-8-6-10-21-14/h6,8,10,12-13H,3-5,7,9,11H2,1-2H3,(H,17,19)/t12-/m0/s1. The molecule has 1 aromatic rings. The molecule has 116 valence electrons. The summed E-state index contributed by atoms with van der Waals surface area (Å²) in [6.07, 6.45) is 3.68. The highest BCUT2D eigenvalue weighted by Crippen LogP contribution is 2.21. The zero-order chi connectivity index (χ0) is 15.2. The largest absolute Gasteiger partial charge is 0.353 e. The van der Waals surface area contributed by atoms with E-state index in [1.165, 1.54) is 11.3 Å². The third-order valence-electron chi connectivity index (χ3n) is 4.14. The molecule has 1 aromatic heterocycles. The lowest BCUT2D eigenvalue weighted by atomic mass is 9.96. The topological polar surface area (TPSA) is 49.4 Å². The van der Waals surface area contributed by atoms with E-state index in [0.717, 1.165) is 37.1 Å². The smallest absolute Gasteiger partial charge is 0.263 e. The highest BCUT2D eigenvalue weighted by molar-refractivity contribution is 7.12. The van der Waals surface area contributed by atoms with Gasteiger partial charge >= 0.3 is 0 Å². The molecule has 2 amide bonds. The summed E-state index contributed by atoms with van der Waals surface area (Å²) in [5.41, 5.74) is 0. The van der Waals surface area contributed by atoms with Crippen LogP contribution in [0.15, 0.2) is 17.5 Å². The molecule has 0 radical (unpaired) electrons. The van der Waals surface area contributed by atoms with Gasteiger partial charge in [0.1, 0.15) is 0 Å². The maximum atomic E-state index is 12.4. The quantitative estimate of drug-likeness (QED) is 0.909. The van der Waals surface area contributed by atoms with E-state index in [1.54, 1.807) is 0 Å². The van der Waals surface area contributed by atoms with Gasteiger partial charge in [-0.25, -0.2) is 0 Å². The molecule has 1 aliphatic rings. The zero-order valence-corrected chi connectivity index (χ0v) is 13.6. The summed E-state index contributed by atoms with van der Waals surface area (Å²) in [4.78, 5) is 27.3. The number of piperidine rings is 1. The molecule has 0 aliphatic carbocycles. The average molecular weight is 308 g/mol. The van der Waals surface area contributed by atoms with E-state index in [4.69, 9.17) is 0 Å². The van der Waals surface area contributed by atoms with Crippen molar-refractivity contribution in [2.45, 2.75) is 45.6 Å². The van der Waals surface area contributed by atoms with Gasteiger partial charge in [-0.3, -0.25) is 9.59 Å². The van der Waals surface area contributed by atoms with Crippen LogP contribution in [-0.2, 0) is 4.79 Å². The molecule has 1 aliphatic heterocycles. The lowest BCUT2D eigenvalue weighted by Crippen LogP contribution is -2.47. The molecule has 1 saturated heterocycles. The van der Waals surface area contributed by atoms with Crippen molar-refractivity contribution in [2.24, 2.45) is 5.92 Å². The number of likely N-dealkylation sites (tertiary alicyclic amines) is 1. The first-order valence-electron chi connectivity index (χ1n) is 7.78. The van der Waals surface area contributed by atoms with Gasteiger partial charge in [0, 0.05) is 19.1 Å². The van der Waals surface area contributed by atoms with Crippen molar-refractivity contribution < 1.29 is 9.59 Å². The zero-order valence-electron chi connectivity index (χ0n) is 12.8. The van der Waals surface area contributed by atoms with Gasteiger partial charge in [0.2, 0.25) is 5.91 Å². The predicted octanol–water partition coefficient (Wildman–Crippen LogP) is 2.91. The van der Waals surface area contributed by atoms with E-state index in [9.17, 15) is 9.59 Å². The molecule has 21 heavy (non-hydrogen) atoms. The van der Waals surface area contributed by atoms with Crippen molar-refractivity contribution in [3.05, 3.63) is 22.4 Å². The maximum Gasteiger partial charge on any atom is 0.263 e. The second-order valence-electron chi connectivity index (χ2n) is 5.59. The summed E-state index contributed by atoms with van der Waals surface area (Å²) in [6, 6.07) is 3.99. The summed E-state index contributed by atoms with van der Waals surface area (Å²) < 4.78 is 0. The fourth-order valence-electron chi connectivity index (χ4n) is 2.74. The van der Waals surface area contributed by atoms with Crippen LogP contribution in [0.25, 0.3) is 0 Å². The molecule has 2 rings (SSSR count). The summed E-state index contributed by atoms with van der Waals surface area (Å²) in [5.74, 6) is 0.0978. The molecule has 1 atom stereocenters. The monoisotopic (exact) mass is 308 g/mol. The van der Waals surface area contributed by atoms with Crippen LogP contribution >= 0.6 is 11.3 Å². The second kappa shape index (κ2) is 7.59. The van der Waals surface area contributed by atoms with Gasteiger partial charge < -0.3 is 10.2 Å². The van der Waals surface area contributed by atoms with Crippen LogP contribution < -0.4 is 5.32 Å². The molecule has 1 fully saturated rings. The van der Waals surface area contributed by atoms with Crippen molar-refractivity contribution >= 4 is 23.2 Å². The van der Waals surface area contributed by atoms with Gasteiger partial charge in [0.25, 0.3) is 5.91 Å². The van der Waals surface area contributed by atoms with E-state index >= 15 is 0 Å². The van der Waals surface area contributed by atoms with E-state index in [0.29, 0.717) is 6.54 Å². The Labute approximate surface area is 130 Å². The lowest BCUT2D eigenvalue weighted by molar-refractivity contribution is -0.127. The molecule has 0 bridgehead atoms. The molecule has 0 spiro atoms. The van der Waals surface area contributed by atoms with Gasteiger partial charge in [-0.15, -0.1) is 11.3 Å². The molecule has 0 saturated carbocycles. The van der Waals surface area contributed by atoms with E-state index in [-0.39, 0.29) is 23.8 Å². The number of thiophene rings is 1. The Morgan fingerprint density at radius 1 is 1.43 bits per heavy atom. The highest BCUT2D eigenvalue weighted by Gasteiger charge is 2.29.